The molecule has 0 radical (unpaired) electrons. The lowest BCUT2D eigenvalue weighted by Gasteiger charge is -2.34. The van der Waals surface area contributed by atoms with Gasteiger partial charge >= 0.3 is 0 Å². The van der Waals surface area contributed by atoms with E-state index in [-0.39, 0.29) is 18.6 Å². The predicted molar refractivity (Wildman–Crippen MR) is 131 cm³/mol. The number of aliphatic hydroxyl groups excluding tert-OH is 3. The number of carbonyl (C=O) groups excluding carboxylic acids is 1. The number of likely N-dealkylation sites (tertiary alicyclic amines) is 1. The maximum Gasteiger partial charge on any atom is 0.253 e. The lowest BCUT2D eigenvalue weighted by Crippen LogP contribution is -2.42. The molecule has 1 aromatic carbocycles. The van der Waals surface area contributed by atoms with Crippen LogP contribution in [-0.4, -0.2) is 89.3 Å². The highest BCUT2D eigenvalue weighted by Gasteiger charge is 2.49. The minimum Gasteiger partial charge on any atom is -0.493 e. The maximum atomic E-state index is 12.6. The number of anilines is 1. The van der Waals surface area contributed by atoms with Crippen LogP contribution in [-0.2, 0) is 4.79 Å². The number of amides is 1. The molecule has 3 N–H and O–H groups in total. The summed E-state index contributed by atoms with van der Waals surface area (Å²) in [5.41, 5.74) is 0.275. The average Bonchev–Trinajstić information content (AvgIpc) is 3.49. The highest BCUT2D eigenvalue weighted by molar-refractivity contribution is 5.81. The molecular formula is C26H35N3O6. The Hall–Kier alpha value is -2.88. The Labute approximate surface area is 205 Å². The lowest BCUT2D eigenvalue weighted by atomic mass is 9.72. The van der Waals surface area contributed by atoms with Crippen molar-refractivity contribution in [2.75, 3.05) is 44.8 Å². The van der Waals surface area contributed by atoms with E-state index in [0.717, 1.165) is 24.3 Å². The van der Waals surface area contributed by atoms with Gasteiger partial charge in [0.1, 0.15) is 11.9 Å². The van der Waals surface area contributed by atoms with Crippen LogP contribution in [0.2, 0.25) is 0 Å². The number of aromatic nitrogens is 1. The van der Waals surface area contributed by atoms with E-state index >= 15 is 0 Å². The fourth-order valence-corrected chi connectivity index (χ4v) is 5.14. The van der Waals surface area contributed by atoms with Crippen LogP contribution in [0.5, 0.6) is 11.5 Å². The van der Waals surface area contributed by atoms with Gasteiger partial charge in [0, 0.05) is 43.6 Å². The fourth-order valence-electron chi connectivity index (χ4n) is 5.14. The average molecular weight is 486 g/mol. The Morgan fingerprint density at radius 1 is 1.23 bits per heavy atom. The standard InChI is InChI=1S/C26H35N3O6/c1-17(31)26(2)16-29(25(33)21(32)15-30)14-20(26)18-7-8-22(34-3)23(12-18)35-19-9-11-28(13-19)24-6-4-5-10-27-24/h4-8,10,12,17,19-21,30-32H,9,11,13-16H2,1-3H3/t17?,19?,20-,21?,26-/m0/s1. The molecule has 190 valence electrons. The molecule has 3 heterocycles. The smallest absolute Gasteiger partial charge is 0.253 e. The molecule has 35 heavy (non-hydrogen) atoms. The zero-order valence-electron chi connectivity index (χ0n) is 20.5. The zero-order valence-corrected chi connectivity index (χ0v) is 20.5. The van der Waals surface area contributed by atoms with E-state index in [4.69, 9.17) is 9.47 Å². The molecule has 1 aromatic heterocycles. The minimum atomic E-state index is -1.47. The third kappa shape index (κ3) is 5.07. The Balaban J connectivity index is 1.56. The molecule has 2 aromatic rings. The molecule has 9 nitrogen and oxygen atoms in total. The number of ether oxygens (including phenoxy) is 2. The van der Waals surface area contributed by atoms with Gasteiger partial charge in [-0.15, -0.1) is 0 Å². The molecule has 0 spiro atoms. The molecule has 0 saturated carbocycles. The summed E-state index contributed by atoms with van der Waals surface area (Å²) in [5.74, 6) is 1.43. The molecule has 2 aliphatic rings. The summed E-state index contributed by atoms with van der Waals surface area (Å²) >= 11 is 0. The highest BCUT2D eigenvalue weighted by Crippen LogP contribution is 2.47. The van der Waals surface area contributed by atoms with Gasteiger partial charge in [-0.3, -0.25) is 4.79 Å². The van der Waals surface area contributed by atoms with Crippen LogP contribution >= 0.6 is 0 Å². The first-order valence-electron chi connectivity index (χ1n) is 12.0. The summed E-state index contributed by atoms with van der Waals surface area (Å²) in [5, 5.41) is 29.8. The topological polar surface area (TPSA) is 116 Å². The Kier molecular flexibility index (Phi) is 7.49. The van der Waals surface area contributed by atoms with Gasteiger partial charge in [0.15, 0.2) is 17.6 Å². The Bertz CT molecular complexity index is 1020. The quantitative estimate of drug-likeness (QED) is 0.514. The van der Waals surface area contributed by atoms with Crippen LogP contribution in [0.25, 0.3) is 0 Å². The van der Waals surface area contributed by atoms with Crippen molar-refractivity contribution in [2.24, 2.45) is 5.41 Å². The number of pyridine rings is 1. The van der Waals surface area contributed by atoms with Crippen LogP contribution in [0.3, 0.4) is 0 Å². The zero-order chi connectivity index (χ0) is 25.2. The summed E-state index contributed by atoms with van der Waals surface area (Å²) < 4.78 is 12.0. The van der Waals surface area contributed by atoms with Gasteiger partial charge in [0.2, 0.25) is 0 Å². The van der Waals surface area contributed by atoms with Crippen LogP contribution < -0.4 is 14.4 Å². The van der Waals surface area contributed by atoms with Crippen LogP contribution in [0.15, 0.2) is 42.6 Å². The van der Waals surface area contributed by atoms with E-state index in [2.05, 4.69) is 9.88 Å². The molecule has 5 atom stereocenters. The van der Waals surface area contributed by atoms with Gasteiger partial charge in [0.05, 0.1) is 26.4 Å². The SMILES string of the molecule is COc1ccc([C@@H]2CN(C(=O)C(O)CO)C[C@@]2(C)C(C)O)cc1OC1CCN(c2ccccn2)C1. The molecule has 9 heteroatoms. The summed E-state index contributed by atoms with van der Waals surface area (Å²) in [7, 11) is 1.60. The summed E-state index contributed by atoms with van der Waals surface area (Å²) in [4.78, 5) is 20.7. The number of methoxy groups -OCH3 is 1. The summed E-state index contributed by atoms with van der Waals surface area (Å²) in [6, 6.07) is 11.6. The predicted octanol–water partition coefficient (Wildman–Crippen LogP) is 1.41. The van der Waals surface area contributed by atoms with Crippen molar-refractivity contribution in [3.05, 3.63) is 48.2 Å². The first-order valence-corrected chi connectivity index (χ1v) is 12.0. The second-order valence-corrected chi connectivity index (χ2v) is 9.72. The number of benzene rings is 1. The first kappa shape index (κ1) is 25.2. The van der Waals surface area contributed by atoms with Gasteiger partial charge in [-0.2, -0.15) is 0 Å². The van der Waals surface area contributed by atoms with Gasteiger partial charge in [-0.1, -0.05) is 19.1 Å². The summed E-state index contributed by atoms with van der Waals surface area (Å²) in [6.07, 6.45) is 0.423. The number of aliphatic hydroxyl groups is 3. The van der Waals surface area contributed by atoms with Crippen molar-refractivity contribution >= 4 is 11.7 Å². The van der Waals surface area contributed by atoms with Gasteiger partial charge in [-0.05, 0) is 36.8 Å². The molecule has 0 bridgehead atoms. The lowest BCUT2D eigenvalue weighted by molar-refractivity contribution is -0.141. The van der Waals surface area contributed by atoms with Crippen molar-refractivity contribution in [1.29, 1.82) is 0 Å². The number of nitrogens with zero attached hydrogens (tertiary/aromatic N) is 3. The first-order chi connectivity index (χ1) is 16.8. The monoisotopic (exact) mass is 485 g/mol. The number of rotatable bonds is 8. The molecule has 0 aliphatic carbocycles. The highest BCUT2D eigenvalue weighted by atomic mass is 16.5. The van der Waals surface area contributed by atoms with E-state index < -0.39 is 30.1 Å². The van der Waals surface area contributed by atoms with Crippen LogP contribution in [0, 0.1) is 5.41 Å². The van der Waals surface area contributed by atoms with Gasteiger partial charge in [-0.25, -0.2) is 4.98 Å². The van der Waals surface area contributed by atoms with E-state index in [0.29, 0.717) is 24.6 Å². The van der Waals surface area contributed by atoms with E-state index in [1.54, 1.807) is 20.2 Å². The number of carbonyl (C=O) groups is 1. The molecule has 1 amide bonds. The van der Waals surface area contributed by atoms with E-state index in [9.17, 15) is 20.1 Å². The van der Waals surface area contributed by atoms with Gasteiger partial charge < -0.3 is 34.6 Å². The maximum absolute atomic E-state index is 12.6. The minimum absolute atomic E-state index is 0.0364. The fraction of sp³-hybridized carbons (Fsp3) is 0.538. The summed E-state index contributed by atoms with van der Waals surface area (Å²) in [6.45, 7) is 5.16. The van der Waals surface area contributed by atoms with Crippen molar-refractivity contribution in [1.82, 2.24) is 9.88 Å². The van der Waals surface area contributed by atoms with Crippen LogP contribution in [0.1, 0.15) is 31.7 Å². The Morgan fingerprint density at radius 3 is 2.69 bits per heavy atom. The second kappa shape index (κ2) is 10.4. The van der Waals surface area contributed by atoms with Crippen molar-refractivity contribution < 1.29 is 29.6 Å². The normalized spacial score (nSPS) is 26.0. The third-order valence-electron chi connectivity index (χ3n) is 7.46. The van der Waals surface area contributed by atoms with Crippen molar-refractivity contribution in [3.63, 3.8) is 0 Å². The molecule has 3 unspecified atom stereocenters. The molecule has 4 rings (SSSR count). The number of hydrogen-bond acceptors (Lipinski definition) is 8. The van der Waals surface area contributed by atoms with Crippen molar-refractivity contribution in [2.45, 2.75) is 44.5 Å². The number of hydrogen-bond donors (Lipinski definition) is 3. The Morgan fingerprint density at radius 2 is 2.03 bits per heavy atom. The largest absolute Gasteiger partial charge is 0.493 e. The van der Waals surface area contributed by atoms with E-state index in [1.807, 2.05) is 43.3 Å². The van der Waals surface area contributed by atoms with E-state index in [1.165, 1.54) is 4.90 Å². The molecular weight excluding hydrogens is 450 g/mol. The van der Waals surface area contributed by atoms with Crippen molar-refractivity contribution in [3.8, 4) is 11.5 Å². The van der Waals surface area contributed by atoms with Crippen LogP contribution in [0.4, 0.5) is 5.82 Å². The molecule has 2 fully saturated rings. The third-order valence-corrected chi connectivity index (χ3v) is 7.46. The second-order valence-electron chi connectivity index (χ2n) is 9.72. The molecule has 2 saturated heterocycles. The van der Waals surface area contributed by atoms with Gasteiger partial charge in [0.25, 0.3) is 5.91 Å². The molecule has 2 aliphatic heterocycles.